The topological polar surface area (TPSA) is 38.3 Å². The summed E-state index contributed by atoms with van der Waals surface area (Å²) in [5.41, 5.74) is 0. The molecular weight excluding hydrogens is 166 g/mol. The lowest BCUT2D eigenvalue weighted by Gasteiger charge is -2.47. The summed E-state index contributed by atoms with van der Waals surface area (Å²) in [6.07, 6.45) is 4.43. The van der Waals surface area contributed by atoms with E-state index < -0.39 is 0 Å². The first-order valence-corrected chi connectivity index (χ1v) is 5.22. The average molecular weight is 183 g/mol. The summed E-state index contributed by atoms with van der Waals surface area (Å²) in [5, 5.41) is 3.05. The number of ether oxygens (including phenoxy) is 1. The van der Waals surface area contributed by atoms with Gasteiger partial charge in [0.05, 0.1) is 6.10 Å². The zero-order chi connectivity index (χ0) is 9.26. The monoisotopic (exact) mass is 183 g/mol. The molecule has 0 bridgehead atoms. The quantitative estimate of drug-likeness (QED) is 0.695. The van der Waals surface area contributed by atoms with Gasteiger partial charge in [-0.05, 0) is 19.3 Å². The highest BCUT2D eigenvalue weighted by Gasteiger charge is 2.43. The van der Waals surface area contributed by atoms with E-state index in [0.29, 0.717) is 24.5 Å². The van der Waals surface area contributed by atoms with E-state index in [1.54, 1.807) is 0 Å². The fourth-order valence-electron chi connectivity index (χ4n) is 2.27. The smallest absolute Gasteiger partial charge is 0.219 e. The van der Waals surface area contributed by atoms with Gasteiger partial charge in [-0.25, -0.2) is 0 Å². The van der Waals surface area contributed by atoms with Crippen molar-refractivity contribution < 1.29 is 9.53 Å². The van der Waals surface area contributed by atoms with Gasteiger partial charge in [-0.2, -0.15) is 0 Å². The first kappa shape index (κ1) is 9.00. The van der Waals surface area contributed by atoms with Crippen LogP contribution in [0.15, 0.2) is 0 Å². The van der Waals surface area contributed by atoms with Gasteiger partial charge in [-0.3, -0.25) is 4.79 Å². The summed E-state index contributed by atoms with van der Waals surface area (Å²) in [4.78, 5) is 11.1. The summed E-state index contributed by atoms with van der Waals surface area (Å²) in [6.45, 7) is 2.80. The molecule has 2 rings (SSSR count). The largest absolute Gasteiger partial charge is 0.378 e. The van der Waals surface area contributed by atoms with Crippen molar-refractivity contribution in [3.8, 4) is 0 Å². The minimum absolute atomic E-state index is 0.175. The second-order valence-corrected chi connectivity index (χ2v) is 3.98. The first-order valence-electron chi connectivity index (χ1n) is 5.22. The van der Waals surface area contributed by atoms with E-state index >= 15 is 0 Å². The molecule has 74 valence electrons. The maximum absolute atomic E-state index is 11.1. The number of amides is 1. The molecule has 3 unspecified atom stereocenters. The number of carbonyl (C=O) groups is 1. The summed E-state index contributed by atoms with van der Waals surface area (Å²) in [6, 6.07) is 0.401. The molecule has 1 aliphatic carbocycles. The highest BCUT2D eigenvalue weighted by Crippen LogP contribution is 2.37. The maximum atomic E-state index is 11.1. The third kappa shape index (κ3) is 1.70. The Balaban J connectivity index is 1.80. The number of rotatable bonds is 2. The molecule has 1 saturated heterocycles. The van der Waals surface area contributed by atoms with Crippen LogP contribution in [0.1, 0.15) is 32.6 Å². The van der Waals surface area contributed by atoms with Gasteiger partial charge < -0.3 is 10.1 Å². The van der Waals surface area contributed by atoms with Crippen molar-refractivity contribution >= 4 is 5.91 Å². The second kappa shape index (κ2) is 3.66. The Kier molecular flexibility index (Phi) is 2.54. The molecule has 0 radical (unpaired) electrons. The number of hydrogen-bond donors (Lipinski definition) is 1. The summed E-state index contributed by atoms with van der Waals surface area (Å²) in [5.74, 6) is 0.776. The van der Waals surface area contributed by atoms with Crippen LogP contribution in [0, 0.1) is 5.92 Å². The van der Waals surface area contributed by atoms with Gasteiger partial charge in [0.25, 0.3) is 0 Å². The molecule has 0 spiro atoms. The van der Waals surface area contributed by atoms with Crippen LogP contribution in [0.25, 0.3) is 0 Å². The molecule has 2 aliphatic rings. The Morgan fingerprint density at radius 3 is 3.15 bits per heavy atom. The van der Waals surface area contributed by atoms with Crippen LogP contribution in [0.4, 0.5) is 0 Å². The molecule has 3 atom stereocenters. The number of hydrogen-bond acceptors (Lipinski definition) is 2. The highest BCUT2D eigenvalue weighted by atomic mass is 16.5. The van der Waals surface area contributed by atoms with Crippen molar-refractivity contribution in [3.05, 3.63) is 0 Å². The molecule has 1 aliphatic heterocycles. The molecule has 1 N–H and O–H groups in total. The Morgan fingerprint density at radius 2 is 2.46 bits per heavy atom. The van der Waals surface area contributed by atoms with Crippen LogP contribution in [0.2, 0.25) is 0 Å². The Bertz CT molecular complexity index is 205. The molecule has 0 aromatic heterocycles. The minimum atomic E-state index is 0.175. The molecule has 1 heterocycles. The van der Waals surface area contributed by atoms with E-state index in [4.69, 9.17) is 4.74 Å². The van der Waals surface area contributed by atoms with Gasteiger partial charge in [0.2, 0.25) is 5.91 Å². The summed E-state index contributed by atoms with van der Waals surface area (Å²) in [7, 11) is 0. The lowest BCUT2D eigenvalue weighted by molar-refractivity contribution is -0.131. The molecule has 0 aromatic carbocycles. The first-order chi connectivity index (χ1) is 6.31. The standard InChI is InChI=1S/C10H17NO2/c1-2-10(12)11-8-6-9-7(8)4-3-5-13-9/h7-9H,2-6H2,1H3,(H,11,12). The number of carbonyl (C=O) groups excluding carboxylic acids is 1. The van der Waals surface area contributed by atoms with E-state index in [2.05, 4.69) is 5.32 Å². The zero-order valence-electron chi connectivity index (χ0n) is 8.08. The SMILES string of the molecule is CCC(=O)NC1CC2OCCCC12. The van der Waals surface area contributed by atoms with Gasteiger partial charge in [0, 0.05) is 25.0 Å². The lowest BCUT2D eigenvalue weighted by Crippen LogP contribution is -2.57. The van der Waals surface area contributed by atoms with Gasteiger partial charge in [-0.15, -0.1) is 0 Å². The normalized spacial score (nSPS) is 37.5. The predicted molar refractivity (Wildman–Crippen MR) is 49.3 cm³/mol. The molecular formula is C10H17NO2. The fraction of sp³-hybridized carbons (Fsp3) is 0.900. The predicted octanol–water partition coefficient (Wildman–Crippen LogP) is 1.08. The van der Waals surface area contributed by atoms with Crippen molar-refractivity contribution in [1.29, 1.82) is 0 Å². The van der Waals surface area contributed by atoms with E-state index in [1.165, 1.54) is 6.42 Å². The van der Waals surface area contributed by atoms with E-state index in [0.717, 1.165) is 19.4 Å². The van der Waals surface area contributed by atoms with E-state index in [1.807, 2.05) is 6.92 Å². The molecule has 3 nitrogen and oxygen atoms in total. The second-order valence-electron chi connectivity index (χ2n) is 3.98. The molecule has 1 saturated carbocycles. The van der Waals surface area contributed by atoms with Gasteiger partial charge in [0.15, 0.2) is 0 Å². The molecule has 0 aromatic rings. The zero-order valence-corrected chi connectivity index (χ0v) is 8.08. The third-order valence-electron chi connectivity index (χ3n) is 3.16. The lowest BCUT2D eigenvalue weighted by atomic mass is 9.72. The van der Waals surface area contributed by atoms with Crippen molar-refractivity contribution in [2.75, 3.05) is 6.61 Å². The molecule has 3 heteroatoms. The van der Waals surface area contributed by atoms with Crippen LogP contribution in [0.3, 0.4) is 0 Å². The van der Waals surface area contributed by atoms with E-state index in [9.17, 15) is 4.79 Å². The van der Waals surface area contributed by atoms with Gasteiger partial charge in [-0.1, -0.05) is 6.92 Å². The summed E-state index contributed by atoms with van der Waals surface area (Å²) < 4.78 is 5.57. The van der Waals surface area contributed by atoms with Crippen molar-refractivity contribution in [2.45, 2.75) is 44.8 Å². The van der Waals surface area contributed by atoms with Crippen LogP contribution in [0.5, 0.6) is 0 Å². The average Bonchev–Trinajstić information content (AvgIpc) is 2.14. The maximum Gasteiger partial charge on any atom is 0.219 e. The van der Waals surface area contributed by atoms with Crippen LogP contribution < -0.4 is 5.32 Å². The van der Waals surface area contributed by atoms with Crippen LogP contribution in [-0.2, 0) is 9.53 Å². The van der Waals surface area contributed by atoms with Crippen molar-refractivity contribution in [3.63, 3.8) is 0 Å². The molecule has 1 amide bonds. The van der Waals surface area contributed by atoms with Gasteiger partial charge in [0.1, 0.15) is 0 Å². The Labute approximate surface area is 78.8 Å². The Morgan fingerprint density at radius 1 is 1.62 bits per heavy atom. The summed E-state index contributed by atoms with van der Waals surface area (Å²) >= 11 is 0. The minimum Gasteiger partial charge on any atom is -0.378 e. The number of fused-ring (bicyclic) bond motifs is 1. The van der Waals surface area contributed by atoms with Crippen LogP contribution >= 0.6 is 0 Å². The Hall–Kier alpha value is -0.570. The highest BCUT2D eigenvalue weighted by molar-refractivity contribution is 5.76. The van der Waals surface area contributed by atoms with Crippen molar-refractivity contribution in [2.24, 2.45) is 5.92 Å². The molecule has 13 heavy (non-hydrogen) atoms. The fourth-order valence-corrected chi connectivity index (χ4v) is 2.27. The van der Waals surface area contributed by atoms with Crippen molar-refractivity contribution in [1.82, 2.24) is 5.32 Å². The third-order valence-corrected chi connectivity index (χ3v) is 3.16. The molecule has 2 fully saturated rings. The van der Waals surface area contributed by atoms with E-state index in [-0.39, 0.29) is 5.91 Å². The van der Waals surface area contributed by atoms with Gasteiger partial charge >= 0.3 is 0 Å². The van der Waals surface area contributed by atoms with Crippen LogP contribution in [-0.4, -0.2) is 24.7 Å². The number of nitrogens with one attached hydrogen (secondary N) is 1.